The Hall–Kier alpha value is -1.73. The van der Waals surface area contributed by atoms with Gasteiger partial charge in [-0.25, -0.2) is 14.5 Å². The van der Waals surface area contributed by atoms with Gasteiger partial charge in [-0.3, -0.25) is 4.89 Å². The van der Waals surface area contributed by atoms with Gasteiger partial charge < -0.3 is 0 Å². The Balaban J connectivity index is 2.19. The summed E-state index contributed by atoms with van der Waals surface area (Å²) in [6.07, 6.45) is 0.836. The van der Waals surface area contributed by atoms with Gasteiger partial charge in [0.25, 0.3) is 0 Å². The number of thiazole rings is 1. The Bertz CT molecular complexity index is 618. The van der Waals surface area contributed by atoms with Gasteiger partial charge in [0.1, 0.15) is 0 Å². The second-order valence-electron chi connectivity index (χ2n) is 4.45. The third-order valence-corrected chi connectivity index (χ3v) is 3.92. The maximum Gasteiger partial charge on any atom is 0.342 e. The summed E-state index contributed by atoms with van der Waals surface area (Å²) in [5.74, 6) is -0.385. The van der Waals surface area contributed by atoms with Gasteiger partial charge in [0.05, 0.1) is 24.9 Å². The fourth-order valence-corrected chi connectivity index (χ4v) is 2.83. The van der Waals surface area contributed by atoms with E-state index in [1.807, 2.05) is 30.8 Å². The molecule has 0 N–H and O–H groups in total. The zero-order valence-electron chi connectivity index (χ0n) is 12.0. The maximum absolute atomic E-state index is 11.3. The highest BCUT2D eigenvalue weighted by atomic mass is 32.1. The average molecular weight is 295 g/mol. The summed E-state index contributed by atoms with van der Waals surface area (Å²) in [5.41, 5.74) is 3.93. The van der Waals surface area contributed by atoms with Crippen molar-refractivity contribution in [2.24, 2.45) is 0 Å². The quantitative estimate of drug-likeness (QED) is 0.625. The van der Waals surface area contributed by atoms with E-state index in [1.165, 1.54) is 7.11 Å². The van der Waals surface area contributed by atoms with Crippen molar-refractivity contribution in [2.75, 3.05) is 7.11 Å². The molecule has 0 aliphatic heterocycles. The van der Waals surface area contributed by atoms with Crippen LogP contribution in [0.2, 0.25) is 0 Å². The van der Waals surface area contributed by atoms with Crippen molar-refractivity contribution in [2.45, 2.75) is 33.6 Å². The van der Waals surface area contributed by atoms with Crippen molar-refractivity contribution in [3.63, 3.8) is 0 Å². The molecule has 0 bridgehead atoms. The van der Waals surface area contributed by atoms with Crippen LogP contribution >= 0.6 is 11.3 Å². The molecule has 0 aliphatic carbocycles. The zero-order valence-corrected chi connectivity index (χ0v) is 12.8. The van der Waals surface area contributed by atoms with E-state index in [0.29, 0.717) is 6.42 Å². The van der Waals surface area contributed by atoms with Gasteiger partial charge >= 0.3 is 5.97 Å². The Morgan fingerprint density at radius 2 is 2.15 bits per heavy atom. The Labute approximate surface area is 121 Å². The summed E-state index contributed by atoms with van der Waals surface area (Å²) in [5, 5.41) is 7.33. The van der Waals surface area contributed by atoms with Crippen molar-refractivity contribution in [1.29, 1.82) is 0 Å². The van der Waals surface area contributed by atoms with Crippen LogP contribution in [0.15, 0.2) is 5.38 Å². The van der Waals surface area contributed by atoms with Gasteiger partial charge in [-0.1, -0.05) is 0 Å². The molecular formula is C13H17N3O3S. The predicted molar refractivity (Wildman–Crippen MR) is 74.9 cm³/mol. The van der Waals surface area contributed by atoms with E-state index >= 15 is 0 Å². The SMILES string of the molecule is COOC(=O)CCc1c(C)nn(-c2nc(C)cs2)c1C. The highest BCUT2D eigenvalue weighted by Gasteiger charge is 2.16. The monoisotopic (exact) mass is 295 g/mol. The fourth-order valence-electron chi connectivity index (χ4n) is 2.02. The molecule has 2 heterocycles. The third kappa shape index (κ3) is 3.05. The van der Waals surface area contributed by atoms with Crippen LogP contribution in [-0.2, 0) is 21.0 Å². The van der Waals surface area contributed by atoms with Gasteiger partial charge in [-0.05, 0) is 32.8 Å². The molecule has 0 atom stereocenters. The van der Waals surface area contributed by atoms with Gasteiger partial charge in [-0.2, -0.15) is 9.99 Å². The molecule has 108 valence electrons. The van der Waals surface area contributed by atoms with E-state index in [9.17, 15) is 4.79 Å². The molecule has 0 unspecified atom stereocenters. The first-order valence-corrected chi connectivity index (χ1v) is 7.12. The molecule has 2 aromatic rings. The van der Waals surface area contributed by atoms with Gasteiger partial charge in [0.15, 0.2) is 0 Å². The minimum Gasteiger partial charge on any atom is -0.299 e. The number of rotatable bonds is 5. The molecule has 0 saturated carbocycles. The van der Waals surface area contributed by atoms with Crippen molar-refractivity contribution < 1.29 is 14.6 Å². The van der Waals surface area contributed by atoms with E-state index < -0.39 is 0 Å². The van der Waals surface area contributed by atoms with Crippen LogP contribution in [0, 0.1) is 20.8 Å². The minimum atomic E-state index is -0.385. The number of aromatic nitrogens is 3. The Kier molecular flexibility index (Phi) is 4.51. The summed E-state index contributed by atoms with van der Waals surface area (Å²) in [6.45, 7) is 5.86. The highest BCUT2D eigenvalue weighted by molar-refractivity contribution is 7.12. The van der Waals surface area contributed by atoms with Crippen molar-refractivity contribution >= 4 is 17.3 Å². The lowest BCUT2D eigenvalue weighted by molar-refractivity contribution is -0.254. The minimum absolute atomic E-state index is 0.262. The van der Waals surface area contributed by atoms with E-state index in [2.05, 4.69) is 19.9 Å². The van der Waals surface area contributed by atoms with E-state index in [1.54, 1.807) is 11.3 Å². The van der Waals surface area contributed by atoms with E-state index in [-0.39, 0.29) is 12.4 Å². The molecule has 6 nitrogen and oxygen atoms in total. The van der Waals surface area contributed by atoms with Crippen molar-refractivity contribution in [3.8, 4) is 5.13 Å². The number of carbonyl (C=O) groups is 1. The highest BCUT2D eigenvalue weighted by Crippen LogP contribution is 2.21. The number of hydrogen-bond donors (Lipinski definition) is 0. The molecule has 0 radical (unpaired) electrons. The van der Waals surface area contributed by atoms with Crippen LogP contribution in [0.4, 0.5) is 0 Å². The summed E-state index contributed by atoms with van der Waals surface area (Å²) in [6, 6.07) is 0. The van der Waals surface area contributed by atoms with Gasteiger partial charge in [0.2, 0.25) is 5.13 Å². The van der Waals surface area contributed by atoms with Gasteiger partial charge in [-0.15, -0.1) is 11.3 Å². The van der Waals surface area contributed by atoms with Crippen LogP contribution in [0.5, 0.6) is 0 Å². The predicted octanol–water partition coefficient (Wildman–Crippen LogP) is 2.29. The topological polar surface area (TPSA) is 66.2 Å². The summed E-state index contributed by atoms with van der Waals surface area (Å²) in [7, 11) is 1.32. The Morgan fingerprint density at radius 3 is 2.75 bits per heavy atom. The molecule has 7 heteroatoms. The van der Waals surface area contributed by atoms with Crippen molar-refractivity contribution in [3.05, 3.63) is 28.0 Å². The second kappa shape index (κ2) is 6.15. The van der Waals surface area contributed by atoms with E-state index in [4.69, 9.17) is 0 Å². The molecule has 0 aromatic carbocycles. The average Bonchev–Trinajstić information content (AvgIpc) is 2.93. The summed E-state index contributed by atoms with van der Waals surface area (Å²) < 4.78 is 1.82. The number of nitrogens with zero attached hydrogens (tertiary/aromatic N) is 3. The first-order valence-electron chi connectivity index (χ1n) is 6.24. The largest absolute Gasteiger partial charge is 0.342 e. The third-order valence-electron chi connectivity index (χ3n) is 2.98. The molecule has 2 aromatic heterocycles. The molecular weight excluding hydrogens is 278 g/mol. The summed E-state index contributed by atoms with van der Waals surface area (Å²) >= 11 is 1.55. The molecule has 0 saturated heterocycles. The lowest BCUT2D eigenvalue weighted by Crippen LogP contribution is -2.05. The van der Waals surface area contributed by atoms with E-state index in [0.717, 1.165) is 27.8 Å². The van der Waals surface area contributed by atoms with Crippen LogP contribution in [-0.4, -0.2) is 27.8 Å². The molecule has 0 fully saturated rings. The number of hydrogen-bond acceptors (Lipinski definition) is 6. The molecule has 2 rings (SSSR count). The lowest BCUT2D eigenvalue weighted by atomic mass is 10.1. The summed E-state index contributed by atoms with van der Waals surface area (Å²) in [4.78, 5) is 24.6. The van der Waals surface area contributed by atoms with Crippen molar-refractivity contribution in [1.82, 2.24) is 14.8 Å². The molecule has 0 spiro atoms. The Morgan fingerprint density at radius 1 is 1.40 bits per heavy atom. The zero-order chi connectivity index (χ0) is 14.7. The normalized spacial score (nSPS) is 10.8. The number of aryl methyl sites for hydroxylation is 2. The first kappa shape index (κ1) is 14.7. The first-order chi connectivity index (χ1) is 9.52. The van der Waals surface area contributed by atoms with Crippen LogP contribution < -0.4 is 0 Å². The van der Waals surface area contributed by atoms with Gasteiger partial charge in [0, 0.05) is 11.1 Å². The molecule has 0 aliphatic rings. The molecule has 20 heavy (non-hydrogen) atoms. The van der Waals surface area contributed by atoms with Crippen LogP contribution in [0.25, 0.3) is 5.13 Å². The standard InChI is InChI=1S/C13H17N3O3S/c1-8-7-20-13(14-8)16-10(3)11(9(2)15-16)5-6-12(17)19-18-4/h7H,5-6H2,1-4H3. The van der Waals surface area contributed by atoms with Crippen LogP contribution in [0.3, 0.4) is 0 Å². The molecule has 0 amide bonds. The maximum atomic E-state index is 11.3. The number of carbonyl (C=O) groups excluding carboxylic acids is 1. The smallest absolute Gasteiger partial charge is 0.299 e. The lowest BCUT2D eigenvalue weighted by Gasteiger charge is -2.02. The van der Waals surface area contributed by atoms with Crippen LogP contribution in [0.1, 0.15) is 29.1 Å². The second-order valence-corrected chi connectivity index (χ2v) is 5.29. The fraction of sp³-hybridized carbons (Fsp3) is 0.462.